The molecule has 0 amide bonds. The maximum Gasteiger partial charge on any atom is 0.0714 e. The Hall–Kier alpha value is -6.44. The Bertz CT molecular complexity index is 3010. The number of benzene rings is 8. The fraction of sp³-hybridized carbons (Fsp3) is 0.213. The van der Waals surface area contributed by atoms with Crippen LogP contribution in [0.15, 0.2) is 182 Å². The smallest absolute Gasteiger partial charge is 0.0714 e. The molecule has 1 saturated carbocycles. The van der Waals surface area contributed by atoms with Crippen molar-refractivity contribution in [1.82, 2.24) is 0 Å². The zero-order valence-electron chi connectivity index (χ0n) is 36.4. The molecule has 0 bridgehead atoms. The summed E-state index contributed by atoms with van der Waals surface area (Å²) in [6.07, 6.45) is 6.71. The molecule has 1 fully saturated rings. The van der Waals surface area contributed by atoms with Gasteiger partial charge in [-0.25, -0.2) is 0 Å². The van der Waals surface area contributed by atoms with Crippen LogP contribution < -0.4 is 4.90 Å². The number of nitrogens with zero attached hydrogens (tertiary/aromatic N) is 1. The van der Waals surface area contributed by atoms with E-state index in [0.717, 1.165) is 5.69 Å². The third-order valence-corrected chi connectivity index (χ3v) is 15.5. The number of anilines is 3. The van der Waals surface area contributed by atoms with Gasteiger partial charge < -0.3 is 4.90 Å². The largest absolute Gasteiger partial charge is 0.310 e. The first-order valence-electron chi connectivity index (χ1n) is 23.0. The van der Waals surface area contributed by atoms with E-state index in [9.17, 15) is 0 Å². The van der Waals surface area contributed by atoms with E-state index in [1.54, 1.807) is 0 Å². The minimum Gasteiger partial charge on any atom is -0.310 e. The molecule has 8 aromatic rings. The van der Waals surface area contributed by atoms with Crippen molar-refractivity contribution in [3.05, 3.63) is 232 Å². The first-order chi connectivity index (χ1) is 30.3. The standard InChI is InChI=1S/C61H53N/c1-59(2)53-26-16-14-24-47(53)50-33-29-44(37-56(50)59)62(45-30-34-51-49-32-28-41(40-18-8-5-9-19-40)36-55(49)60(3,4)57(51)38-45)46-31-35-52-48-25-15-17-27-54(48)61(58(52)39-46,42-20-10-6-11-21-42)43-22-12-7-13-23-43/h6-7,10-17,20-40H,5,8-9,18-19H2,1-4H3. The van der Waals surface area contributed by atoms with Gasteiger partial charge in [-0.2, -0.15) is 0 Å². The van der Waals surface area contributed by atoms with Crippen molar-refractivity contribution in [2.24, 2.45) is 0 Å². The Morgan fingerprint density at radius 2 is 0.758 bits per heavy atom. The molecule has 0 aromatic heterocycles. The zero-order chi connectivity index (χ0) is 41.8. The molecule has 0 heterocycles. The van der Waals surface area contributed by atoms with Crippen molar-refractivity contribution in [1.29, 1.82) is 0 Å². The van der Waals surface area contributed by atoms with E-state index in [1.807, 2.05) is 0 Å². The molecule has 0 N–H and O–H groups in total. The summed E-state index contributed by atoms with van der Waals surface area (Å²) in [4.78, 5) is 2.55. The van der Waals surface area contributed by atoms with Crippen molar-refractivity contribution < 1.29 is 0 Å². The van der Waals surface area contributed by atoms with E-state index in [0.29, 0.717) is 5.92 Å². The van der Waals surface area contributed by atoms with Crippen molar-refractivity contribution in [3.63, 3.8) is 0 Å². The lowest BCUT2D eigenvalue weighted by Crippen LogP contribution is -2.28. The molecule has 4 aliphatic carbocycles. The van der Waals surface area contributed by atoms with Crippen molar-refractivity contribution in [2.45, 2.75) is 82.0 Å². The molecule has 302 valence electrons. The lowest BCUT2D eigenvalue weighted by Gasteiger charge is -2.35. The van der Waals surface area contributed by atoms with Gasteiger partial charge in [-0.05, 0) is 139 Å². The Morgan fingerprint density at radius 3 is 1.32 bits per heavy atom. The van der Waals surface area contributed by atoms with Crippen LogP contribution in [-0.4, -0.2) is 0 Å². The molecule has 8 aromatic carbocycles. The summed E-state index contributed by atoms with van der Waals surface area (Å²) < 4.78 is 0. The van der Waals surface area contributed by atoms with Gasteiger partial charge in [-0.15, -0.1) is 0 Å². The van der Waals surface area contributed by atoms with Gasteiger partial charge in [0.05, 0.1) is 5.41 Å². The van der Waals surface area contributed by atoms with Gasteiger partial charge in [0.2, 0.25) is 0 Å². The molecule has 0 aliphatic heterocycles. The second kappa shape index (κ2) is 13.8. The van der Waals surface area contributed by atoms with Gasteiger partial charge in [-0.1, -0.05) is 193 Å². The van der Waals surface area contributed by atoms with E-state index >= 15 is 0 Å². The van der Waals surface area contributed by atoms with Crippen molar-refractivity contribution in [2.75, 3.05) is 4.90 Å². The summed E-state index contributed by atoms with van der Waals surface area (Å²) in [6.45, 7) is 9.69. The van der Waals surface area contributed by atoms with Crippen LogP contribution in [-0.2, 0) is 16.2 Å². The lowest BCUT2D eigenvalue weighted by atomic mass is 9.67. The van der Waals surface area contributed by atoms with Crippen LogP contribution in [0.2, 0.25) is 0 Å². The highest BCUT2D eigenvalue weighted by Crippen LogP contribution is 2.59. The van der Waals surface area contributed by atoms with Gasteiger partial charge >= 0.3 is 0 Å². The van der Waals surface area contributed by atoms with Crippen molar-refractivity contribution >= 4 is 17.1 Å². The molecule has 62 heavy (non-hydrogen) atoms. The maximum absolute atomic E-state index is 2.58. The van der Waals surface area contributed by atoms with Crippen LogP contribution in [0.3, 0.4) is 0 Å². The van der Waals surface area contributed by atoms with Gasteiger partial charge in [0.1, 0.15) is 0 Å². The molecule has 0 atom stereocenters. The lowest BCUT2D eigenvalue weighted by molar-refractivity contribution is 0.443. The van der Waals surface area contributed by atoms with Crippen LogP contribution >= 0.6 is 0 Å². The Morgan fingerprint density at radius 1 is 0.355 bits per heavy atom. The highest BCUT2D eigenvalue weighted by molar-refractivity contribution is 5.92. The van der Waals surface area contributed by atoms with E-state index in [4.69, 9.17) is 0 Å². The van der Waals surface area contributed by atoms with Crippen LogP contribution in [0.5, 0.6) is 0 Å². The monoisotopic (exact) mass is 799 g/mol. The Kier molecular flexibility index (Phi) is 8.30. The molecule has 0 unspecified atom stereocenters. The fourth-order valence-electron chi connectivity index (χ4n) is 12.4. The topological polar surface area (TPSA) is 3.24 Å². The normalized spacial score (nSPS) is 17.0. The van der Waals surface area contributed by atoms with Crippen LogP contribution in [0, 0.1) is 0 Å². The molecule has 0 spiro atoms. The average Bonchev–Trinajstić information content (AvgIpc) is 3.84. The average molecular weight is 800 g/mol. The van der Waals surface area contributed by atoms with E-state index in [-0.39, 0.29) is 10.8 Å². The minimum atomic E-state index is -0.491. The highest BCUT2D eigenvalue weighted by Gasteiger charge is 2.46. The number of rotatable bonds is 6. The van der Waals surface area contributed by atoms with Gasteiger partial charge in [0.15, 0.2) is 0 Å². The Labute approximate surface area is 367 Å². The molecule has 1 nitrogen and oxygen atoms in total. The first-order valence-corrected chi connectivity index (χ1v) is 23.0. The maximum atomic E-state index is 2.58. The third-order valence-electron chi connectivity index (χ3n) is 15.5. The van der Waals surface area contributed by atoms with E-state index in [1.165, 1.54) is 127 Å². The molecule has 12 rings (SSSR count). The van der Waals surface area contributed by atoms with Gasteiger partial charge in [-0.3, -0.25) is 0 Å². The molecule has 1 heteroatoms. The highest BCUT2D eigenvalue weighted by atomic mass is 15.1. The molecule has 0 radical (unpaired) electrons. The number of fused-ring (bicyclic) bond motifs is 9. The summed E-state index contributed by atoms with van der Waals surface area (Å²) in [5, 5.41) is 0. The molecular formula is C61H53N. The van der Waals surface area contributed by atoms with Crippen LogP contribution in [0.1, 0.15) is 116 Å². The second-order valence-corrected chi connectivity index (χ2v) is 19.5. The zero-order valence-corrected chi connectivity index (χ0v) is 36.4. The number of hydrogen-bond donors (Lipinski definition) is 0. The van der Waals surface area contributed by atoms with Crippen LogP contribution in [0.25, 0.3) is 33.4 Å². The summed E-state index contributed by atoms with van der Waals surface area (Å²) >= 11 is 0. The van der Waals surface area contributed by atoms with Gasteiger partial charge in [0.25, 0.3) is 0 Å². The summed E-state index contributed by atoms with van der Waals surface area (Å²) in [7, 11) is 0. The van der Waals surface area contributed by atoms with E-state index in [2.05, 4.69) is 215 Å². The fourth-order valence-corrected chi connectivity index (χ4v) is 12.4. The van der Waals surface area contributed by atoms with Crippen molar-refractivity contribution in [3.8, 4) is 33.4 Å². The molecular weight excluding hydrogens is 747 g/mol. The predicted molar refractivity (Wildman–Crippen MR) is 259 cm³/mol. The third kappa shape index (κ3) is 5.27. The van der Waals surface area contributed by atoms with Gasteiger partial charge in [0, 0.05) is 27.9 Å². The summed E-state index contributed by atoms with van der Waals surface area (Å²) in [5.41, 5.74) is 23.2. The SMILES string of the molecule is CC1(C)c2ccccc2-c2ccc(N(c3ccc4c(c3)C(C)(C)c3cc(C5CCCCC5)ccc3-4)c3ccc4c(c3)C(c3ccccc3)(c3ccccc3)c3ccccc3-4)cc21. The Balaban J connectivity index is 1.08. The number of hydrogen-bond acceptors (Lipinski definition) is 1. The molecule has 0 saturated heterocycles. The minimum absolute atomic E-state index is 0.124. The second-order valence-electron chi connectivity index (χ2n) is 19.5. The first kappa shape index (κ1) is 37.3. The van der Waals surface area contributed by atoms with E-state index < -0.39 is 5.41 Å². The summed E-state index contributed by atoms with van der Waals surface area (Å²) in [6, 6.07) is 69.7. The quantitative estimate of drug-likeness (QED) is 0.162. The summed E-state index contributed by atoms with van der Waals surface area (Å²) in [5.74, 6) is 0.680. The predicted octanol–water partition coefficient (Wildman–Crippen LogP) is 16.2. The van der Waals surface area contributed by atoms with Crippen LogP contribution in [0.4, 0.5) is 17.1 Å². The molecule has 4 aliphatic rings.